The molecule has 0 atom stereocenters. The van der Waals surface area contributed by atoms with Gasteiger partial charge in [0.15, 0.2) is 5.96 Å². The van der Waals surface area contributed by atoms with Gasteiger partial charge in [-0.25, -0.2) is 4.99 Å². The maximum Gasteiger partial charge on any atom is 0.251 e. The molecule has 4 N–H and O–H groups in total. The predicted octanol–water partition coefficient (Wildman–Crippen LogP) is 3.83. The fourth-order valence-corrected chi connectivity index (χ4v) is 3.24. The van der Waals surface area contributed by atoms with E-state index in [1.54, 1.807) is 0 Å². The number of hydrogen-bond acceptors (Lipinski definition) is 2. The van der Waals surface area contributed by atoms with Crippen molar-refractivity contribution in [1.82, 2.24) is 20.9 Å². The lowest BCUT2D eigenvalue weighted by Crippen LogP contribution is -2.38. The molecule has 0 radical (unpaired) electrons. The lowest BCUT2D eigenvalue weighted by atomic mass is 10.1. The van der Waals surface area contributed by atoms with Gasteiger partial charge in [0, 0.05) is 42.3 Å². The highest BCUT2D eigenvalue weighted by Gasteiger charge is 2.06. The van der Waals surface area contributed by atoms with Gasteiger partial charge >= 0.3 is 0 Å². The van der Waals surface area contributed by atoms with Crippen molar-refractivity contribution in [3.8, 4) is 0 Å². The van der Waals surface area contributed by atoms with Crippen molar-refractivity contribution in [3.05, 3.63) is 71.4 Å². The normalized spacial score (nSPS) is 11.1. The molecule has 6 nitrogen and oxygen atoms in total. The molecule has 160 valence electrons. The van der Waals surface area contributed by atoms with Crippen LogP contribution in [-0.2, 0) is 13.0 Å². The van der Waals surface area contributed by atoms with Crippen LogP contribution in [0, 0.1) is 0 Å². The van der Waals surface area contributed by atoms with Crippen LogP contribution in [0.15, 0.2) is 59.7 Å². The Bertz CT molecular complexity index is 982. The lowest BCUT2D eigenvalue weighted by molar-refractivity contribution is 0.0955. The second-order valence-corrected chi connectivity index (χ2v) is 6.79. The number of nitrogens with one attached hydrogen (secondary N) is 4. The van der Waals surface area contributed by atoms with E-state index in [1.165, 1.54) is 10.9 Å². The number of guanidine groups is 1. The highest BCUT2D eigenvalue weighted by atomic mass is 127. The van der Waals surface area contributed by atoms with Crippen LogP contribution >= 0.6 is 24.0 Å². The van der Waals surface area contributed by atoms with Gasteiger partial charge in [0.2, 0.25) is 0 Å². The molecule has 7 heteroatoms. The maximum absolute atomic E-state index is 12.0. The van der Waals surface area contributed by atoms with Crippen molar-refractivity contribution in [1.29, 1.82) is 0 Å². The van der Waals surface area contributed by atoms with E-state index < -0.39 is 0 Å². The molecule has 1 amide bonds. The Morgan fingerprint density at radius 3 is 2.60 bits per heavy atom. The minimum Gasteiger partial charge on any atom is -0.361 e. The first kappa shape index (κ1) is 23.7. The van der Waals surface area contributed by atoms with Crippen LogP contribution in [0.4, 0.5) is 0 Å². The third-order valence-electron chi connectivity index (χ3n) is 4.65. The summed E-state index contributed by atoms with van der Waals surface area (Å²) in [6.07, 6.45) is 2.98. The van der Waals surface area contributed by atoms with Crippen molar-refractivity contribution in [2.45, 2.75) is 26.8 Å². The number of nitrogens with zero attached hydrogens (tertiary/aromatic N) is 1. The number of rotatable bonds is 8. The second kappa shape index (κ2) is 12.2. The van der Waals surface area contributed by atoms with Crippen LogP contribution in [0.2, 0.25) is 0 Å². The third-order valence-corrected chi connectivity index (χ3v) is 4.65. The summed E-state index contributed by atoms with van der Waals surface area (Å²) in [7, 11) is 0. The molecule has 3 aromatic rings. The maximum atomic E-state index is 12.0. The molecule has 2 aromatic carbocycles. The minimum absolute atomic E-state index is 0. The Balaban J connectivity index is 0.00000320. The average molecular weight is 519 g/mol. The van der Waals surface area contributed by atoms with Crippen LogP contribution in [0.1, 0.15) is 35.3 Å². The monoisotopic (exact) mass is 519 g/mol. The second-order valence-electron chi connectivity index (χ2n) is 6.79. The lowest BCUT2D eigenvalue weighted by Gasteiger charge is -2.11. The highest BCUT2D eigenvalue weighted by Crippen LogP contribution is 2.17. The van der Waals surface area contributed by atoms with E-state index in [0.29, 0.717) is 18.7 Å². The Hall–Kier alpha value is -2.55. The molecule has 0 aliphatic heterocycles. The predicted molar refractivity (Wildman–Crippen MR) is 135 cm³/mol. The molecular formula is C23H30IN5O. The number of H-pyrrole nitrogens is 1. The molecule has 0 aliphatic carbocycles. The van der Waals surface area contributed by atoms with Crippen molar-refractivity contribution in [2.75, 3.05) is 19.6 Å². The summed E-state index contributed by atoms with van der Waals surface area (Å²) in [4.78, 5) is 20.0. The summed E-state index contributed by atoms with van der Waals surface area (Å²) < 4.78 is 0. The third kappa shape index (κ3) is 6.48. The topological polar surface area (TPSA) is 81.3 Å². The van der Waals surface area contributed by atoms with Gasteiger partial charge in [0.25, 0.3) is 5.91 Å². The molecule has 0 unspecified atom stereocenters. The van der Waals surface area contributed by atoms with Gasteiger partial charge in [-0.05, 0) is 49.6 Å². The fraction of sp³-hybridized carbons (Fsp3) is 0.304. The Kier molecular flexibility index (Phi) is 9.66. The quantitative estimate of drug-likeness (QED) is 0.208. The Morgan fingerprint density at radius 1 is 1.00 bits per heavy atom. The number of amides is 1. The SMILES string of the molecule is CCNC(=O)c1cccc(CN=C(NCC)NCCc2c[nH]c3ccccc23)c1.I. The summed E-state index contributed by atoms with van der Waals surface area (Å²) in [5.41, 5.74) is 4.12. The van der Waals surface area contributed by atoms with Gasteiger partial charge in [-0.3, -0.25) is 4.79 Å². The van der Waals surface area contributed by atoms with Gasteiger partial charge in [0.1, 0.15) is 0 Å². The van der Waals surface area contributed by atoms with Gasteiger partial charge in [-0.15, -0.1) is 24.0 Å². The summed E-state index contributed by atoms with van der Waals surface area (Å²) in [6.45, 7) is 6.66. The summed E-state index contributed by atoms with van der Waals surface area (Å²) in [5.74, 6) is 0.720. The number of para-hydroxylation sites is 1. The number of aliphatic imine (C=N–C) groups is 1. The van der Waals surface area contributed by atoms with E-state index in [2.05, 4.69) is 50.3 Å². The van der Waals surface area contributed by atoms with Gasteiger partial charge in [0.05, 0.1) is 6.54 Å². The zero-order chi connectivity index (χ0) is 20.5. The Morgan fingerprint density at radius 2 is 1.80 bits per heavy atom. The molecular weight excluding hydrogens is 489 g/mol. The first-order valence-electron chi connectivity index (χ1n) is 10.2. The average Bonchev–Trinajstić information content (AvgIpc) is 3.15. The van der Waals surface area contributed by atoms with Crippen molar-refractivity contribution >= 4 is 46.7 Å². The minimum atomic E-state index is -0.0536. The molecule has 0 saturated heterocycles. The van der Waals surface area contributed by atoms with E-state index >= 15 is 0 Å². The van der Waals surface area contributed by atoms with Gasteiger partial charge in [-0.1, -0.05) is 30.3 Å². The highest BCUT2D eigenvalue weighted by molar-refractivity contribution is 14.0. The molecule has 0 spiro atoms. The number of carbonyl (C=O) groups is 1. The number of halogens is 1. The van der Waals surface area contributed by atoms with E-state index in [-0.39, 0.29) is 29.9 Å². The number of aromatic nitrogens is 1. The van der Waals surface area contributed by atoms with Crippen LogP contribution in [0.3, 0.4) is 0 Å². The Labute approximate surface area is 195 Å². The largest absolute Gasteiger partial charge is 0.361 e. The molecule has 30 heavy (non-hydrogen) atoms. The van der Waals surface area contributed by atoms with Crippen LogP contribution in [-0.4, -0.2) is 36.5 Å². The zero-order valence-electron chi connectivity index (χ0n) is 17.5. The van der Waals surface area contributed by atoms with Crippen LogP contribution < -0.4 is 16.0 Å². The number of aromatic amines is 1. The van der Waals surface area contributed by atoms with Crippen molar-refractivity contribution < 1.29 is 4.79 Å². The summed E-state index contributed by atoms with van der Waals surface area (Å²) in [5, 5.41) is 10.8. The molecule has 0 bridgehead atoms. The molecule has 0 fully saturated rings. The summed E-state index contributed by atoms with van der Waals surface area (Å²) in [6, 6.07) is 15.9. The smallest absolute Gasteiger partial charge is 0.251 e. The van der Waals surface area contributed by atoms with E-state index in [4.69, 9.17) is 0 Å². The molecule has 0 aliphatic rings. The molecule has 3 rings (SSSR count). The fourth-order valence-electron chi connectivity index (χ4n) is 3.24. The van der Waals surface area contributed by atoms with Gasteiger partial charge in [-0.2, -0.15) is 0 Å². The van der Waals surface area contributed by atoms with Crippen molar-refractivity contribution in [3.63, 3.8) is 0 Å². The zero-order valence-corrected chi connectivity index (χ0v) is 19.8. The first-order chi connectivity index (χ1) is 14.2. The van der Waals surface area contributed by atoms with Gasteiger partial charge < -0.3 is 20.9 Å². The van der Waals surface area contributed by atoms with Crippen LogP contribution in [0.5, 0.6) is 0 Å². The number of carbonyl (C=O) groups excluding carboxylic acids is 1. The molecule has 1 aromatic heterocycles. The standard InChI is InChI=1S/C23H29N5O.HI/c1-3-24-22(29)18-9-7-8-17(14-18)15-28-23(25-4-2)26-13-12-19-16-27-21-11-6-5-10-20(19)21;/h5-11,14,16,27H,3-4,12-13,15H2,1-2H3,(H,24,29)(H2,25,26,28);1H. The number of benzene rings is 2. The molecule has 1 heterocycles. The first-order valence-corrected chi connectivity index (χ1v) is 10.2. The van der Waals surface area contributed by atoms with Crippen LogP contribution in [0.25, 0.3) is 10.9 Å². The number of hydrogen-bond donors (Lipinski definition) is 4. The van der Waals surface area contributed by atoms with Crippen molar-refractivity contribution in [2.24, 2.45) is 4.99 Å². The number of fused-ring (bicyclic) bond motifs is 1. The van der Waals surface area contributed by atoms with E-state index in [9.17, 15) is 4.79 Å². The van der Waals surface area contributed by atoms with E-state index in [1.807, 2.05) is 44.2 Å². The molecule has 0 saturated carbocycles. The van der Waals surface area contributed by atoms with E-state index in [0.717, 1.165) is 36.6 Å². The summed E-state index contributed by atoms with van der Waals surface area (Å²) >= 11 is 0.